The molecular weight excluding hydrogens is 356 g/mol. The van der Waals surface area contributed by atoms with Crippen molar-refractivity contribution in [3.05, 3.63) is 47.0 Å². The molecule has 2 aromatic carbocycles. The Labute approximate surface area is 167 Å². The molecule has 2 aromatic rings. The minimum atomic E-state index is -0.254. The molecule has 1 N–H and O–H groups in total. The first-order valence-corrected chi connectivity index (χ1v) is 10.1. The van der Waals surface area contributed by atoms with Crippen molar-refractivity contribution in [2.45, 2.75) is 59.0 Å². The van der Waals surface area contributed by atoms with Crippen LogP contribution in [0.4, 0.5) is 0 Å². The molecule has 2 heterocycles. The summed E-state index contributed by atoms with van der Waals surface area (Å²) < 4.78 is 21.1. The number of hydrogen-bond acceptors (Lipinski definition) is 5. The maximum Gasteiger partial charge on any atom is 0.231 e. The summed E-state index contributed by atoms with van der Waals surface area (Å²) >= 11 is 0. The maximum atomic E-state index is 9.68. The lowest BCUT2D eigenvalue weighted by Crippen LogP contribution is -2.09. The lowest BCUT2D eigenvalue weighted by atomic mass is 10.0. The van der Waals surface area contributed by atoms with Gasteiger partial charge in [0, 0.05) is 0 Å². The van der Waals surface area contributed by atoms with Crippen molar-refractivity contribution >= 4 is 0 Å². The Morgan fingerprint density at radius 3 is 2.18 bits per heavy atom. The molecule has 1 unspecified atom stereocenters. The molecule has 2 aliphatic rings. The summed E-state index contributed by atoms with van der Waals surface area (Å²) in [6.07, 6.45) is 4.56. The zero-order valence-electron chi connectivity index (χ0n) is 17.0. The third-order valence-corrected chi connectivity index (χ3v) is 4.88. The molecule has 1 atom stereocenters. The monoisotopic (exact) mass is 386 g/mol. The van der Waals surface area contributed by atoms with Crippen LogP contribution in [0.25, 0.3) is 0 Å². The smallest absolute Gasteiger partial charge is 0.231 e. The molecule has 0 saturated heterocycles. The number of rotatable bonds is 6. The van der Waals surface area contributed by atoms with Crippen LogP contribution in [-0.2, 0) is 12.8 Å². The number of aliphatic hydroxyl groups is 1. The molecule has 0 saturated carbocycles. The van der Waals surface area contributed by atoms with Crippen molar-refractivity contribution in [1.82, 2.24) is 0 Å². The highest BCUT2D eigenvalue weighted by atomic mass is 16.7. The van der Waals surface area contributed by atoms with E-state index in [1.165, 1.54) is 17.5 Å². The molecule has 4 rings (SSSR count). The van der Waals surface area contributed by atoms with Crippen LogP contribution in [0, 0.1) is 6.92 Å². The van der Waals surface area contributed by atoms with E-state index in [-0.39, 0.29) is 6.10 Å². The number of aryl methyl sites for hydroxylation is 2. The molecule has 28 heavy (non-hydrogen) atoms. The molecule has 0 aromatic heterocycles. The third-order valence-electron chi connectivity index (χ3n) is 4.88. The highest BCUT2D eigenvalue weighted by Crippen LogP contribution is 2.35. The van der Waals surface area contributed by atoms with Gasteiger partial charge in [0.2, 0.25) is 13.6 Å². The molecule has 0 fully saturated rings. The Kier molecular flexibility index (Phi) is 7.04. The second-order valence-corrected chi connectivity index (χ2v) is 7.22. The predicted molar refractivity (Wildman–Crippen MR) is 108 cm³/mol. The van der Waals surface area contributed by atoms with E-state index in [9.17, 15) is 5.11 Å². The molecule has 5 nitrogen and oxygen atoms in total. The van der Waals surface area contributed by atoms with E-state index in [0.29, 0.717) is 20.0 Å². The van der Waals surface area contributed by atoms with E-state index in [2.05, 4.69) is 32.9 Å². The lowest BCUT2D eigenvalue weighted by Gasteiger charge is -2.09. The topological polar surface area (TPSA) is 57.2 Å². The van der Waals surface area contributed by atoms with E-state index < -0.39 is 0 Å². The van der Waals surface area contributed by atoms with Gasteiger partial charge in [-0.25, -0.2) is 0 Å². The van der Waals surface area contributed by atoms with Gasteiger partial charge < -0.3 is 24.1 Å². The van der Waals surface area contributed by atoms with Gasteiger partial charge in [0.1, 0.15) is 0 Å². The second-order valence-electron chi connectivity index (χ2n) is 7.22. The van der Waals surface area contributed by atoms with Crippen molar-refractivity contribution in [3.8, 4) is 23.0 Å². The van der Waals surface area contributed by atoms with Gasteiger partial charge in [-0.2, -0.15) is 0 Å². The number of benzene rings is 2. The average molecular weight is 386 g/mol. The normalized spacial score (nSPS) is 14.4. The molecule has 0 bridgehead atoms. The van der Waals surface area contributed by atoms with E-state index in [1.54, 1.807) is 0 Å². The van der Waals surface area contributed by atoms with E-state index >= 15 is 0 Å². The van der Waals surface area contributed by atoms with Crippen molar-refractivity contribution in [3.63, 3.8) is 0 Å². The molecule has 0 spiro atoms. The van der Waals surface area contributed by atoms with Gasteiger partial charge in [0.25, 0.3) is 0 Å². The summed E-state index contributed by atoms with van der Waals surface area (Å²) in [7, 11) is 0. The van der Waals surface area contributed by atoms with Gasteiger partial charge in [-0.05, 0) is 67.1 Å². The van der Waals surface area contributed by atoms with E-state index in [4.69, 9.17) is 18.9 Å². The zero-order valence-corrected chi connectivity index (χ0v) is 17.0. The fourth-order valence-electron chi connectivity index (χ4n) is 3.40. The van der Waals surface area contributed by atoms with Crippen LogP contribution in [-0.4, -0.2) is 24.8 Å². The average Bonchev–Trinajstić information content (AvgIpc) is 3.31. The Balaban J connectivity index is 0.000000162. The highest BCUT2D eigenvalue weighted by Gasteiger charge is 2.15. The van der Waals surface area contributed by atoms with Crippen LogP contribution in [0.5, 0.6) is 23.0 Å². The highest BCUT2D eigenvalue weighted by molar-refractivity contribution is 5.48. The second kappa shape index (κ2) is 9.69. The lowest BCUT2D eigenvalue weighted by molar-refractivity contribution is 0.163. The maximum absolute atomic E-state index is 9.68. The zero-order chi connectivity index (χ0) is 19.9. The molecule has 2 aliphatic heterocycles. The Morgan fingerprint density at radius 1 is 0.857 bits per heavy atom. The van der Waals surface area contributed by atoms with Crippen molar-refractivity contribution in [1.29, 1.82) is 0 Å². The van der Waals surface area contributed by atoms with Crippen LogP contribution in [0.1, 0.15) is 49.8 Å². The minimum Gasteiger partial charge on any atom is -0.454 e. The molecule has 5 heteroatoms. The van der Waals surface area contributed by atoms with Gasteiger partial charge in [0.05, 0.1) is 6.10 Å². The number of fused-ring (bicyclic) bond motifs is 2. The molecule has 152 valence electrons. The number of hydrogen-bond donors (Lipinski definition) is 1. The number of ether oxygens (including phenoxy) is 4. The van der Waals surface area contributed by atoms with Crippen molar-refractivity contribution in [2.24, 2.45) is 0 Å². The quantitative estimate of drug-likeness (QED) is 0.773. The fourth-order valence-corrected chi connectivity index (χ4v) is 3.40. The number of aliphatic hydroxyl groups excluding tert-OH is 1. The third kappa shape index (κ3) is 5.10. The van der Waals surface area contributed by atoms with E-state index in [0.717, 1.165) is 47.8 Å². The van der Waals surface area contributed by atoms with Crippen LogP contribution in [0.2, 0.25) is 0 Å². The van der Waals surface area contributed by atoms with Crippen LogP contribution in [0.15, 0.2) is 30.3 Å². The summed E-state index contributed by atoms with van der Waals surface area (Å²) in [6, 6.07) is 9.98. The Hall–Kier alpha value is -2.40. The summed E-state index contributed by atoms with van der Waals surface area (Å²) in [5, 5.41) is 9.68. The van der Waals surface area contributed by atoms with Gasteiger partial charge in [-0.15, -0.1) is 0 Å². The van der Waals surface area contributed by atoms with Gasteiger partial charge >= 0.3 is 0 Å². The molecule has 0 aliphatic carbocycles. The van der Waals surface area contributed by atoms with Crippen LogP contribution < -0.4 is 18.9 Å². The first-order chi connectivity index (χ1) is 13.6. The van der Waals surface area contributed by atoms with Crippen molar-refractivity contribution in [2.75, 3.05) is 13.6 Å². The Bertz CT molecular complexity index is 787. The van der Waals surface area contributed by atoms with Gasteiger partial charge in [0.15, 0.2) is 23.0 Å². The van der Waals surface area contributed by atoms with E-state index in [1.807, 2.05) is 18.2 Å². The standard InChI is InChI=1S/C12H16O3.C11H14O2/c1-2-3-10(13)6-9-4-5-11-12(7-9)15-8-14-11;1-3-4-9-6-11-10(5-8(9)2)12-7-13-11/h4-5,7,10,13H,2-3,6,8H2,1H3;5-6H,3-4,7H2,1-2H3. The summed E-state index contributed by atoms with van der Waals surface area (Å²) in [4.78, 5) is 0. The molecule has 0 radical (unpaired) electrons. The van der Waals surface area contributed by atoms with Crippen LogP contribution >= 0.6 is 0 Å². The largest absolute Gasteiger partial charge is 0.454 e. The van der Waals surface area contributed by atoms with Gasteiger partial charge in [-0.1, -0.05) is 32.8 Å². The molecular formula is C23H30O5. The van der Waals surface area contributed by atoms with Crippen molar-refractivity contribution < 1.29 is 24.1 Å². The fraction of sp³-hybridized carbons (Fsp3) is 0.478. The minimum absolute atomic E-state index is 0.254. The summed E-state index contributed by atoms with van der Waals surface area (Å²) in [5.41, 5.74) is 3.76. The first-order valence-electron chi connectivity index (χ1n) is 10.1. The first kappa shape index (κ1) is 20.3. The summed E-state index contributed by atoms with van der Waals surface area (Å²) in [5.74, 6) is 3.37. The molecule has 0 amide bonds. The predicted octanol–water partition coefficient (Wildman–Crippen LogP) is 4.80. The summed E-state index contributed by atoms with van der Waals surface area (Å²) in [6.45, 7) is 7.04. The van der Waals surface area contributed by atoms with Crippen LogP contribution in [0.3, 0.4) is 0 Å². The van der Waals surface area contributed by atoms with Gasteiger partial charge in [-0.3, -0.25) is 0 Å². The SMILES string of the molecule is CCCC(O)Cc1ccc2c(c1)OCO2.CCCc1cc2c(cc1C)OCO2. The Morgan fingerprint density at radius 2 is 1.50 bits per heavy atom.